The van der Waals surface area contributed by atoms with Crippen LogP contribution in [0.1, 0.15) is 50.5 Å². The van der Waals surface area contributed by atoms with Gasteiger partial charge < -0.3 is 10.6 Å². The summed E-state index contributed by atoms with van der Waals surface area (Å²) in [5, 5.41) is 6.01. The molecule has 0 saturated heterocycles. The summed E-state index contributed by atoms with van der Waals surface area (Å²) >= 11 is 0. The van der Waals surface area contributed by atoms with Gasteiger partial charge in [0.25, 0.3) is 5.91 Å². The van der Waals surface area contributed by atoms with E-state index in [1.54, 1.807) is 6.20 Å². The number of nitrogens with zero attached hydrogens (tertiary/aromatic N) is 2. The molecule has 0 aromatic carbocycles. The molecule has 0 saturated carbocycles. The maximum Gasteiger partial charge on any atom is 0.271 e. The van der Waals surface area contributed by atoms with Gasteiger partial charge in [-0.3, -0.25) is 4.79 Å². The van der Waals surface area contributed by atoms with E-state index >= 15 is 0 Å². The molecule has 100 valence electrons. The van der Waals surface area contributed by atoms with Crippen molar-refractivity contribution in [2.75, 3.05) is 11.9 Å². The average molecular weight is 250 g/mol. The molecule has 0 radical (unpaired) electrons. The maximum absolute atomic E-state index is 11.7. The van der Waals surface area contributed by atoms with E-state index in [-0.39, 0.29) is 5.91 Å². The lowest BCUT2D eigenvalue weighted by Gasteiger charge is -2.11. The number of nitrogens with one attached hydrogen (secondary N) is 2. The summed E-state index contributed by atoms with van der Waals surface area (Å²) in [6.07, 6.45) is 6.16. The molecule has 0 aliphatic heterocycles. The fourth-order valence-electron chi connectivity index (χ4n) is 1.34. The topological polar surface area (TPSA) is 66.9 Å². The lowest BCUT2D eigenvalue weighted by molar-refractivity contribution is 0.0948. The molecule has 5 nitrogen and oxygen atoms in total. The standard InChI is InChI=1S/C13H22N4O/c1-4-6-7-14-13(18)11-8-16-12(9-15-11)17-10(3)5-2/h8-10H,4-7H2,1-3H3,(H,14,18)(H,16,17). The fraction of sp³-hybridized carbons (Fsp3) is 0.615. The minimum Gasteiger partial charge on any atom is -0.366 e. The second-order valence-corrected chi connectivity index (χ2v) is 4.35. The quantitative estimate of drug-likeness (QED) is 0.728. The zero-order valence-corrected chi connectivity index (χ0v) is 11.4. The Labute approximate surface area is 108 Å². The van der Waals surface area contributed by atoms with Crippen LogP contribution in [0.2, 0.25) is 0 Å². The number of hydrogen-bond donors (Lipinski definition) is 2. The van der Waals surface area contributed by atoms with Crippen molar-refractivity contribution in [1.29, 1.82) is 0 Å². The zero-order chi connectivity index (χ0) is 13.4. The normalized spacial score (nSPS) is 11.9. The van der Waals surface area contributed by atoms with Crippen molar-refractivity contribution in [3.8, 4) is 0 Å². The zero-order valence-electron chi connectivity index (χ0n) is 11.4. The first-order valence-electron chi connectivity index (χ1n) is 6.54. The molecule has 0 aliphatic rings. The minimum absolute atomic E-state index is 0.161. The van der Waals surface area contributed by atoms with E-state index in [1.807, 2.05) is 0 Å². The Kier molecular flexibility index (Phi) is 6.11. The highest BCUT2D eigenvalue weighted by Crippen LogP contribution is 2.04. The van der Waals surface area contributed by atoms with Gasteiger partial charge in [-0.2, -0.15) is 0 Å². The largest absolute Gasteiger partial charge is 0.366 e. The van der Waals surface area contributed by atoms with Gasteiger partial charge in [0.2, 0.25) is 0 Å². The Morgan fingerprint density at radius 2 is 2.11 bits per heavy atom. The van der Waals surface area contributed by atoms with E-state index in [0.29, 0.717) is 24.1 Å². The highest BCUT2D eigenvalue weighted by molar-refractivity contribution is 5.91. The highest BCUT2D eigenvalue weighted by atomic mass is 16.1. The number of rotatable bonds is 7. The number of carbonyl (C=O) groups excluding carboxylic acids is 1. The van der Waals surface area contributed by atoms with Crippen LogP contribution in [0.25, 0.3) is 0 Å². The molecule has 1 heterocycles. The van der Waals surface area contributed by atoms with Gasteiger partial charge in [0, 0.05) is 12.6 Å². The van der Waals surface area contributed by atoms with E-state index in [2.05, 4.69) is 41.4 Å². The predicted octanol–water partition coefficient (Wildman–Crippen LogP) is 2.22. The van der Waals surface area contributed by atoms with Crippen molar-refractivity contribution in [1.82, 2.24) is 15.3 Å². The molecule has 18 heavy (non-hydrogen) atoms. The molecule has 1 atom stereocenters. The molecule has 1 aromatic rings. The SMILES string of the molecule is CCCCNC(=O)c1cnc(NC(C)CC)cn1. The molecule has 1 unspecified atom stereocenters. The third kappa shape index (κ3) is 4.69. The third-order valence-corrected chi connectivity index (χ3v) is 2.71. The van der Waals surface area contributed by atoms with Crippen LogP contribution in [-0.4, -0.2) is 28.5 Å². The molecule has 0 fully saturated rings. The number of hydrogen-bond acceptors (Lipinski definition) is 4. The van der Waals surface area contributed by atoms with Gasteiger partial charge in [-0.05, 0) is 19.8 Å². The average Bonchev–Trinajstić information content (AvgIpc) is 2.39. The summed E-state index contributed by atoms with van der Waals surface area (Å²) in [6.45, 7) is 6.94. The Morgan fingerprint density at radius 1 is 1.33 bits per heavy atom. The molecular formula is C13H22N4O. The van der Waals surface area contributed by atoms with Gasteiger partial charge in [0.05, 0.1) is 12.4 Å². The first kappa shape index (κ1) is 14.4. The van der Waals surface area contributed by atoms with Crippen LogP contribution in [0.3, 0.4) is 0 Å². The Balaban J connectivity index is 2.51. The predicted molar refractivity (Wildman–Crippen MR) is 72.6 cm³/mol. The van der Waals surface area contributed by atoms with Gasteiger partial charge in [-0.25, -0.2) is 9.97 Å². The van der Waals surface area contributed by atoms with Gasteiger partial charge in [0.1, 0.15) is 11.5 Å². The summed E-state index contributed by atoms with van der Waals surface area (Å²) in [5.74, 6) is 0.542. The summed E-state index contributed by atoms with van der Waals surface area (Å²) in [7, 11) is 0. The summed E-state index contributed by atoms with van der Waals surface area (Å²) in [4.78, 5) is 20.0. The second kappa shape index (κ2) is 7.63. The van der Waals surface area contributed by atoms with Gasteiger partial charge >= 0.3 is 0 Å². The van der Waals surface area contributed by atoms with E-state index in [1.165, 1.54) is 6.20 Å². The van der Waals surface area contributed by atoms with Crippen LogP contribution in [-0.2, 0) is 0 Å². The smallest absolute Gasteiger partial charge is 0.271 e. The van der Waals surface area contributed by atoms with Crippen molar-refractivity contribution in [3.63, 3.8) is 0 Å². The summed E-state index contributed by atoms with van der Waals surface area (Å²) < 4.78 is 0. The maximum atomic E-state index is 11.7. The molecule has 5 heteroatoms. The van der Waals surface area contributed by atoms with Gasteiger partial charge in [-0.1, -0.05) is 20.3 Å². The first-order chi connectivity index (χ1) is 8.67. The van der Waals surface area contributed by atoms with E-state index in [0.717, 1.165) is 19.3 Å². The van der Waals surface area contributed by atoms with Crippen LogP contribution in [0.4, 0.5) is 5.82 Å². The second-order valence-electron chi connectivity index (χ2n) is 4.35. The van der Waals surface area contributed by atoms with E-state index in [9.17, 15) is 4.79 Å². The number of amides is 1. The molecule has 1 aromatic heterocycles. The molecule has 0 aliphatic carbocycles. The molecule has 0 spiro atoms. The molecule has 1 rings (SSSR count). The lowest BCUT2D eigenvalue weighted by atomic mass is 10.2. The Bertz CT molecular complexity index is 364. The van der Waals surface area contributed by atoms with Crippen LogP contribution in [0, 0.1) is 0 Å². The fourth-order valence-corrected chi connectivity index (χ4v) is 1.34. The van der Waals surface area contributed by atoms with Crippen LogP contribution in [0.5, 0.6) is 0 Å². The van der Waals surface area contributed by atoms with Gasteiger partial charge in [0.15, 0.2) is 0 Å². The highest BCUT2D eigenvalue weighted by Gasteiger charge is 2.07. The number of carbonyl (C=O) groups is 1. The van der Waals surface area contributed by atoms with Crippen LogP contribution in [0.15, 0.2) is 12.4 Å². The van der Waals surface area contributed by atoms with Crippen molar-refractivity contribution < 1.29 is 4.79 Å². The Morgan fingerprint density at radius 3 is 2.67 bits per heavy atom. The number of unbranched alkanes of at least 4 members (excludes halogenated alkanes) is 1. The van der Waals surface area contributed by atoms with E-state index < -0.39 is 0 Å². The monoisotopic (exact) mass is 250 g/mol. The summed E-state index contributed by atoms with van der Waals surface area (Å²) in [6, 6.07) is 0.350. The van der Waals surface area contributed by atoms with E-state index in [4.69, 9.17) is 0 Å². The molecule has 2 N–H and O–H groups in total. The van der Waals surface area contributed by atoms with Crippen molar-refractivity contribution in [2.24, 2.45) is 0 Å². The minimum atomic E-state index is -0.161. The summed E-state index contributed by atoms with van der Waals surface area (Å²) in [5.41, 5.74) is 0.362. The molecule has 1 amide bonds. The number of anilines is 1. The molecular weight excluding hydrogens is 228 g/mol. The van der Waals surface area contributed by atoms with Crippen LogP contribution < -0.4 is 10.6 Å². The third-order valence-electron chi connectivity index (χ3n) is 2.71. The van der Waals surface area contributed by atoms with Crippen molar-refractivity contribution in [2.45, 2.75) is 46.1 Å². The van der Waals surface area contributed by atoms with Gasteiger partial charge in [-0.15, -0.1) is 0 Å². The van der Waals surface area contributed by atoms with Crippen molar-refractivity contribution >= 4 is 11.7 Å². The lowest BCUT2D eigenvalue weighted by Crippen LogP contribution is -2.25. The number of aromatic nitrogens is 2. The Hall–Kier alpha value is -1.65. The molecule has 0 bridgehead atoms. The first-order valence-corrected chi connectivity index (χ1v) is 6.54. The van der Waals surface area contributed by atoms with Crippen molar-refractivity contribution in [3.05, 3.63) is 18.1 Å². The van der Waals surface area contributed by atoms with Crippen LogP contribution >= 0.6 is 0 Å².